The number of hydrogen-bond acceptors (Lipinski definition) is 7. The maximum Gasteiger partial charge on any atom is 0.294 e. The molecule has 1 aliphatic rings. The van der Waals surface area contributed by atoms with E-state index in [0.29, 0.717) is 46.2 Å². The fraction of sp³-hybridized carbons (Fsp3) is 0.179. The van der Waals surface area contributed by atoms with E-state index in [4.69, 9.17) is 14.2 Å². The average Bonchev–Trinajstić information content (AvgIpc) is 3.16. The van der Waals surface area contributed by atoms with E-state index in [2.05, 4.69) is 21.2 Å². The van der Waals surface area contributed by atoms with Gasteiger partial charge in [0.15, 0.2) is 11.5 Å². The van der Waals surface area contributed by atoms with Gasteiger partial charge in [0.25, 0.3) is 11.1 Å². The zero-order chi connectivity index (χ0) is 27.1. The molecule has 4 rings (SSSR count). The van der Waals surface area contributed by atoms with Gasteiger partial charge in [-0.05, 0) is 88.2 Å². The summed E-state index contributed by atoms with van der Waals surface area (Å²) in [6.45, 7) is 2.24. The van der Waals surface area contributed by atoms with Gasteiger partial charge in [0, 0.05) is 5.69 Å². The monoisotopic (exact) mass is 596 g/mol. The predicted octanol–water partition coefficient (Wildman–Crippen LogP) is 6.11. The molecule has 1 saturated heterocycles. The van der Waals surface area contributed by atoms with Crippen LogP contribution in [0, 0.1) is 0 Å². The number of nitrogens with one attached hydrogen (secondary N) is 1. The second-order valence-corrected chi connectivity index (χ2v) is 9.93. The van der Waals surface area contributed by atoms with Crippen LogP contribution in [0.3, 0.4) is 0 Å². The molecule has 0 aromatic heterocycles. The minimum atomic E-state index is -0.539. The first kappa shape index (κ1) is 27.3. The molecule has 3 aromatic rings. The predicted molar refractivity (Wildman–Crippen MR) is 150 cm³/mol. The smallest absolute Gasteiger partial charge is 0.294 e. The van der Waals surface area contributed by atoms with Crippen LogP contribution in [0.2, 0.25) is 0 Å². The molecule has 0 saturated carbocycles. The molecule has 10 heteroatoms. The van der Waals surface area contributed by atoms with Crippen molar-refractivity contribution in [2.45, 2.75) is 13.5 Å². The summed E-state index contributed by atoms with van der Waals surface area (Å²) in [5.74, 6) is 0.663. The van der Waals surface area contributed by atoms with Crippen molar-refractivity contribution in [1.82, 2.24) is 4.90 Å². The number of carbonyl (C=O) groups is 3. The lowest BCUT2D eigenvalue weighted by molar-refractivity contribution is -0.127. The van der Waals surface area contributed by atoms with Crippen molar-refractivity contribution in [2.24, 2.45) is 0 Å². The number of hydrogen-bond donors (Lipinski definition) is 1. The van der Waals surface area contributed by atoms with E-state index >= 15 is 0 Å². The van der Waals surface area contributed by atoms with E-state index < -0.39 is 23.6 Å². The number of carbonyl (C=O) groups excluding carboxylic acids is 3. The van der Waals surface area contributed by atoms with Crippen LogP contribution in [0.1, 0.15) is 18.1 Å². The standard InChI is InChI=1S/C28H25BrN2O6S/c1-3-36-23-14-19(13-22(29)26(23)37-17-18-7-5-4-6-8-18)15-24-27(33)31(28(34)38-24)16-25(32)30-20-9-11-21(35-2)12-10-20/h4-15H,3,16-17H2,1-2H3,(H,30,32)/b24-15+. The molecule has 0 unspecified atom stereocenters. The minimum Gasteiger partial charge on any atom is -0.497 e. The Morgan fingerprint density at radius 1 is 1.05 bits per heavy atom. The summed E-state index contributed by atoms with van der Waals surface area (Å²) in [7, 11) is 1.55. The third-order valence-corrected chi connectivity index (χ3v) is 6.90. The van der Waals surface area contributed by atoms with E-state index in [1.165, 1.54) is 0 Å². The van der Waals surface area contributed by atoms with E-state index in [1.807, 2.05) is 37.3 Å². The first-order valence-corrected chi connectivity index (χ1v) is 13.3. The lowest BCUT2D eigenvalue weighted by Crippen LogP contribution is -2.36. The highest BCUT2D eigenvalue weighted by Gasteiger charge is 2.36. The van der Waals surface area contributed by atoms with E-state index in [-0.39, 0.29) is 4.91 Å². The Hall–Kier alpha value is -3.76. The molecule has 1 aliphatic heterocycles. The highest BCUT2D eigenvalue weighted by Crippen LogP contribution is 2.39. The Bertz CT molecular complexity index is 1360. The Balaban J connectivity index is 1.47. The van der Waals surface area contributed by atoms with Gasteiger partial charge in [0.05, 0.1) is 23.1 Å². The summed E-state index contributed by atoms with van der Waals surface area (Å²) in [6, 6.07) is 20.0. The number of ether oxygens (including phenoxy) is 3. The number of thioether (sulfide) groups is 1. The number of benzene rings is 3. The van der Waals surface area contributed by atoms with Gasteiger partial charge in [-0.3, -0.25) is 19.3 Å². The van der Waals surface area contributed by atoms with Gasteiger partial charge in [-0.15, -0.1) is 0 Å². The number of imide groups is 1. The van der Waals surface area contributed by atoms with Crippen LogP contribution in [0.15, 0.2) is 76.1 Å². The summed E-state index contributed by atoms with van der Waals surface area (Å²) in [5, 5.41) is 2.16. The number of nitrogens with zero attached hydrogens (tertiary/aromatic N) is 1. The van der Waals surface area contributed by atoms with Crippen LogP contribution in [0.5, 0.6) is 17.2 Å². The van der Waals surface area contributed by atoms with Crippen molar-refractivity contribution in [3.05, 3.63) is 87.2 Å². The fourth-order valence-corrected chi connectivity index (χ4v) is 5.02. The number of rotatable bonds is 10. The van der Waals surface area contributed by atoms with E-state index in [1.54, 1.807) is 49.6 Å². The minimum absolute atomic E-state index is 0.208. The largest absolute Gasteiger partial charge is 0.497 e. The van der Waals surface area contributed by atoms with Crippen LogP contribution in [-0.2, 0) is 16.2 Å². The molecule has 0 spiro atoms. The van der Waals surface area contributed by atoms with Gasteiger partial charge >= 0.3 is 0 Å². The zero-order valence-corrected chi connectivity index (χ0v) is 23.1. The summed E-state index contributed by atoms with van der Waals surface area (Å²) < 4.78 is 17.5. The molecule has 3 amide bonds. The van der Waals surface area contributed by atoms with Crippen LogP contribution in [-0.4, -0.2) is 42.2 Å². The third-order valence-electron chi connectivity index (χ3n) is 5.40. The zero-order valence-electron chi connectivity index (χ0n) is 20.7. The maximum absolute atomic E-state index is 13.0. The molecule has 196 valence electrons. The molecule has 1 heterocycles. The average molecular weight is 597 g/mol. The molecule has 0 radical (unpaired) electrons. The SMILES string of the molecule is CCOc1cc(/C=C2/SC(=O)N(CC(=O)Nc3ccc(OC)cc3)C2=O)cc(Br)c1OCc1ccccc1. The van der Waals surface area contributed by atoms with Gasteiger partial charge in [-0.2, -0.15) is 0 Å². The normalized spacial score (nSPS) is 14.1. The van der Waals surface area contributed by atoms with Gasteiger partial charge in [-0.1, -0.05) is 30.3 Å². The summed E-state index contributed by atoms with van der Waals surface area (Å²) in [5.41, 5.74) is 2.18. The van der Waals surface area contributed by atoms with Crippen molar-refractivity contribution in [3.63, 3.8) is 0 Å². The molecule has 0 bridgehead atoms. The molecular formula is C28H25BrN2O6S. The van der Waals surface area contributed by atoms with Crippen LogP contribution >= 0.6 is 27.7 Å². The van der Waals surface area contributed by atoms with Crippen LogP contribution in [0.25, 0.3) is 6.08 Å². The Morgan fingerprint density at radius 3 is 2.47 bits per heavy atom. The van der Waals surface area contributed by atoms with Gasteiger partial charge < -0.3 is 19.5 Å². The molecule has 0 aliphatic carbocycles. The summed E-state index contributed by atoms with van der Waals surface area (Å²) in [4.78, 5) is 39.1. The molecular weight excluding hydrogens is 572 g/mol. The highest BCUT2D eigenvalue weighted by atomic mass is 79.9. The van der Waals surface area contributed by atoms with Crippen LogP contribution in [0.4, 0.5) is 10.5 Å². The molecule has 1 fully saturated rings. The van der Waals surface area contributed by atoms with Crippen molar-refractivity contribution in [3.8, 4) is 17.2 Å². The van der Waals surface area contributed by atoms with Gasteiger partial charge in [0.1, 0.15) is 18.9 Å². The first-order chi connectivity index (χ1) is 18.4. The lowest BCUT2D eigenvalue weighted by Gasteiger charge is -2.15. The molecule has 1 N–H and O–H groups in total. The number of anilines is 1. The fourth-order valence-electron chi connectivity index (χ4n) is 3.61. The summed E-state index contributed by atoms with van der Waals surface area (Å²) >= 11 is 4.32. The van der Waals surface area contributed by atoms with Crippen molar-refractivity contribution < 1.29 is 28.6 Å². The molecule has 38 heavy (non-hydrogen) atoms. The summed E-state index contributed by atoms with van der Waals surface area (Å²) in [6.07, 6.45) is 1.60. The number of halogens is 1. The highest BCUT2D eigenvalue weighted by molar-refractivity contribution is 9.10. The maximum atomic E-state index is 13.0. The molecule has 0 atom stereocenters. The Morgan fingerprint density at radius 2 is 1.79 bits per heavy atom. The van der Waals surface area contributed by atoms with E-state index in [0.717, 1.165) is 22.2 Å². The third kappa shape index (κ3) is 6.76. The molecule has 8 nitrogen and oxygen atoms in total. The van der Waals surface area contributed by atoms with Gasteiger partial charge in [-0.25, -0.2) is 0 Å². The quantitative estimate of drug-likeness (QED) is 0.282. The second-order valence-electron chi connectivity index (χ2n) is 8.08. The number of methoxy groups -OCH3 is 1. The second kappa shape index (κ2) is 12.7. The van der Waals surface area contributed by atoms with Crippen LogP contribution < -0.4 is 19.5 Å². The Kier molecular flexibility index (Phi) is 9.09. The molecule has 3 aromatic carbocycles. The topological polar surface area (TPSA) is 94.2 Å². The first-order valence-electron chi connectivity index (χ1n) is 11.7. The number of amides is 3. The van der Waals surface area contributed by atoms with Crippen molar-refractivity contribution in [2.75, 3.05) is 25.6 Å². The lowest BCUT2D eigenvalue weighted by atomic mass is 10.1. The Labute approximate surface area is 233 Å². The van der Waals surface area contributed by atoms with Gasteiger partial charge in [0.2, 0.25) is 5.91 Å². The van der Waals surface area contributed by atoms with Crippen molar-refractivity contribution in [1.29, 1.82) is 0 Å². The van der Waals surface area contributed by atoms with Crippen molar-refractivity contribution >= 4 is 56.5 Å². The van der Waals surface area contributed by atoms with E-state index in [9.17, 15) is 14.4 Å².